The van der Waals surface area contributed by atoms with Crippen LogP contribution < -0.4 is 4.74 Å². The molecule has 3 heterocycles. The number of nitrogens with zero attached hydrogens (tertiary/aromatic N) is 3. The van der Waals surface area contributed by atoms with Gasteiger partial charge in [-0.05, 0) is 69.3 Å². The van der Waals surface area contributed by atoms with Crippen molar-refractivity contribution in [2.24, 2.45) is 0 Å². The van der Waals surface area contributed by atoms with Crippen LogP contribution in [0.5, 0.6) is 11.5 Å². The van der Waals surface area contributed by atoms with Gasteiger partial charge in [0.1, 0.15) is 23.1 Å². The van der Waals surface area contributed by atoms with Crippen LogP contribution in [0.25, 0.3) is 10.9 Å². The van der Waals surface area contributed by atoms with E-state index < -0.39 is 24.2 Å². The maximum Gasteiger partial charge on any atom is 0.387 e. The highest BCUT2D eigenvalue weighted by molar-refractivity contribution is 6.08. The Morgan fingerprint density at radius 2 is 1.97 bits per heavy atom. The molecule has 3 aromatic rings. The molecule has 1 fully saturated rings. The Kier molecular flexibility index (Phi) is 6.10. The van der Waals surface area contributed by atoms with Crippen molar-refractivity contribution in [3.05, 3.63) is 59.3 Å². The number of fused-ring (bicyclic) bond motifs is 4. The Hall–Kier alpha value is -3.66. The largest absolute Gasteiger partial charge is 0.508 e. The molecule has 8 nitrogen and oxygen atoms in total. The molecule has 2 atom stereocenters. The van der Waals surface area contributed by atoms with Crippen molar-refractivity contribution in [3.8, 4) is 11.5 Å². The van der Waals surface area contributed by atoms with Crippen LogP contribution in [0.3, 0.4) is 0 Å². The number of alkyl halides is 2. The number of aromatic hydroxyl groups is 1. The lowest BCUT2D eigenvalue weighted by atomic mass is 9.81. The Labute approximate surface area is 213 Å². The number of likely N-dealkylation sites (N-methyl/N-ethyl adjacent to an activating group) is 1. The Morgan fingerprint density at radius 1 is 1.22 bits per heavy atom. The highest BCUT2D eigenvalue weighted by atomic mass is 19.3. The maximum absolute atomic E-state index is 13.8. The van der Waals surface area contributed by atoms with Gasteiger partial charge >= 0.3 is 12.6 Å². The van der Waals surface area contributed by atoms with Crippen molar-refractivity contribution in [1.82, 2.24) is 19.7 Å². The van der Waals surface area contributed by atoms with E-state index in [1.807, 2.05) is 20.9 Å². The molecule has 2 aliphatic rings. The smallest absolute Gasteiger partial charge is 0.387 e. The molecule has 2 N–H and O–H groups in total. The summed E-state index contributed by atoms with van der Waals surface area (Å²) in [5.74, 6) is -0.263. The average molecular weight is 513 g/mol. The lowest BCUT2D eigenvalue weighted by molar-refractivity contribution is -0.133. The molecule has 0 saturated carbocycles. The normalized spacial score (nSPS) is 21.5. The van der Waals surface area contributed by atoms with Gasteiger partial charge < -0.3 is 19.7 Å². The van der Waals surface area contributed by atoms with E-state index in [1.165, 1.54) is 23.1 Å². The van der Waals surface area contributed by atoms with E-state index >= 15 is 0 Å². The first-order valence-electron chi connectivity index (χ1n) is 12.2. The Morgan fingerprint density at radius 3 is 2.65 bits per heavy atom. The van der Waals surface area contributed by atoms with Crippen molar-refractivity contribution in [2.45, 2.75) is 51.4 Å². The topological polar surface area (TPSA) is 89.1 Å². The fourth-order valence-electron chi connectivity index (χ4n) is 5.42. The second-order valence-electron chi connectivity index (χ2n) is 10.2. The van der Waals surface area contributed by atoms with Crippen LogP contribution >= 0.6 is 0 Å². The van der Waals surface area contributed by atoms with Crippen LogP contribution in [0.1, 0.15) is 43.6 Å². The zero-order valence-corrected chi connectivity index (χ0v) is 21.2. The molecule has 10 heteroatoms. The molecule has 0 radical (unpaired) electrons. The van der Waals surface area contributed by atoms with Gasteiger partial charge in [0.25, 0.3) is 5.91 Å². The summed E-state index contributed by atoms with van der Waals surface area (Å²) in [6, 6.07) is 10.4. The first-order chi connectivity index (χ1) is 17.5. The molecule has 0 spiro atoms. The molecule has 0 bridgehead atoms. The van der Waals surface area contributed by atoms with E-state index in [0.29, 0.717) is 28.7 Å². The average Bonchev–Trinajstić information content (AvgIpc) is 3.27. The molecule has 2 aromatic carbocycles. The summed E-state index contributed by atoms with van der Waals surface area (Å²) in [4.78, 5) is 36.0. The molecule has 196 valence electrons. The van der Waals surface area contributed by atoms with E-state index in [1.54, 1.807) is 36.1 Å². The minimum Gasteiger partial charge on any atom is -0.508 e. The van der Waals surface area contributed by atoms with Crippen molar-refractivity contribution in [3.63, 3.8) is 0 Å². The summed E-state index contributed by atoms with van der Waals surface area (Å²) < 4.78 is 30.4. The summed E-state index contributed by atoms with van der Waals surface area (Å²) in [5, 5.41) is 10.9. The fraction of sp³-hybridized carbons (Fsp3) is 0.407. The molecular weight excluding hydrogens is 482 g/mol. The number of phenolic OH excluding ortho intramolecular Hbond substituents is 1. The first-order valence-corrected chi connectivity index (χ1v) is 12.2. The number of amides is 3. The van der Waals surface area contributed by atoms with Gasteiger partial charge in [-0.3, -0.25) is 14.6 Å². The maximum atomic E-state index is 13.8. The molecule has 37 heavy (non-hydrogen) atoms. The van der Waals surface area contributed by atoms with Crippen molar-refractivity contribution >= 4 is 22.8 Å². The number of H-pyrrole nitrogens is 1. The van der Waals surface area contributed by atoms with Gasteiger partial charge in [0.2, 0.25) is 0 Å². The quantitative estimate of drug-likeness (QED) is 0.456. The number of rotatable bonds is 7. The number of benzene rings is 2. The van der Waals surface area contributed by atoms with Gasteiger partial charge in [-0.25, -0.2) is 4.79 Å². The molecule has 5 rings (SSSR count). The summed E-state index contributed by atoms with van der Waals surface area (Å²) in [7, 11) is 1.94. The number of ether oxygens (including phenoxy) is 1. The minimum absolute atomic E-state index is 0.0120. The van der Waals surface area contributed by atoms with Gasteiger partial charge in [0.05, 0.1) is 0 Å². The number of nitrogens with one attached hydrogen (secondary N) is 1. The zero-order valence-electron chi connectivity index (χ0n) is 21.2. The van der Waals surface area contributed by atoms with E-state index in [0.717, 1.165) is 5.56 Å². The van der Waals surface area contributed by atoms with Crippen LogP contribution in [0.15, 0.2) is 42.5 Å². The monoisotopic (exact) mass is 512 g/mol. The highest BCUT2D eigenvalue weighted by Gasteiger charge is 2.60. The number of halogens is 2. The summed E-state index contributed by atoms with van der Waals surface area (Å²) in [6.07, 6.45) is 0.205. The predicted molar refractivity (Wildman–Crippen MR) is 134 cm³/mol. The predicted octanol–water partition coefficient (Wildman–Crippen LogP) is 4.48. The third-order valence-electron chi connectivity index (χ3n) is 7.61. The summed E-state index contributed by atoms with van der Waals surface area (Å²) in [6.45, 7) is 3.63. The summed E-state index contributed by atoms with van der Waals surface area (Å²) in [5.41, 5.74) is 1.53. The number of urea groups is 1. The van der Waals surface area contributed by atoms with Crippen LogP contribution in [0.4, 0.5) is 13.6 Å². The van der Waals surface area contributed by atoms with Gasteiger partial charge in [0, 0.05) is 42.1 Å². The number of aromatic nitrogens is 1. The van der Waals surface area contributed by atoms with Gasteiger partial charge in [-0.15, -0.1) is 0 Å². The van der Waals surface area contributed by atoms with Crippen LogP contribution in [0, 0.1) is 0 Å². The summed E-state index contributed by atoms with van der Waals surface area (Å²) >= 11 is 0. The Bertz CT molecular complexity index is 1370. The van der Waals surface area contributed by atoms with Gasteiger partial charge in [0.15, 0.2) is 0 Å². The molecule has 2 unspecified atom stereocenters. The van der Waals surface area contributed by atoms with Crippen molar-refractivity contribution in [1.29, 1.82) is 0 Å². The van der Waals surface area contributed by atoms with E-state index in [2.05, 4.69) is 14.6 Å². The third-order valence-corrected chi connectivity index (χ3v) is 7.61. The van der Waals surface area contributed by atoms with Gasteiger partial charge in [-0.1, -0.05) is 12.1 Å². The fourth-order valence-corrected chi connectivity index (χ4v) is 5.42. The van der Waals surface area contributed by atoms with E-state index in [-0.39, 0.29) is 36.4 Å². The van der Waals surface area contributed by atoms with Crippen molar-refractivity contribution < 1.29 is 28.2 Å². The van der Waals surface area contributed by atoms with E-state index in [9.17, 15) is 23.5 Å². The van der Waals surface area contributed by atoms with Crippen LogP contribution in [-0.4, -0.2) is 75.1 Å². The second kappa shape index (κ2) is 9.02. The van der Waals surface area contributed by atoms with Crippen LogP contribution in [-0.2, 0) is 11.2 Å². The molecule has 0 aliphatic carbocycles. The molecular formula is C27H30F2N4O4. The standard InChI is InChI=1S/C27H30F2N4O4/c1-15(2)31(4)10-11-32-24(35)27(3)14-20-19-13-18(37-25(28)29)8-9-21(19)30-22(20)23(33(27)26(32)36)16-6-5-7-17(34)12-16/h5-9,12-13,15,23,25,30,34H,10-11,14H2,1-4H3. The SMILES string of the molecule is CC(C)N(C)CCN1C(=O)N2C(c3cccc(O)c3)c3[nH]c4ccc(OC(F)F)cc4c3CC2(C)C1=O. The second-order valence-corrected chi connectivity index (χ2v) is 10.2. The van der Waals surface area contributed by atoms with E-state index in [4.69, 9.17) is 0 Å². The molecule has 2 aliphatic heterocycles. The molecule has 3 amide bonds. The lowest BCUT2D eigenvalue weighted by Crippen LogP contribution is -2.53. The highest BCUT2D eigenvalue weighted by Crippen LogP contribution is 2.49. The van der Waals surface area contributed by atoms with Crippen molar-refractivity contribution in [2.75, 3.05) is 20.1 Å². The number of imide groups is 1. The Balaban J connectivity index is 1.64. The number of phenols is 1. The zero-order chi connectivity index (χ0) is 26.6. The molecule has 1 aromatic heterocycles. The van der Waals surface area contributed by atoms with Gasteiger partial charge in [-0.2, -0.15) is 8.78 Å². The first kappa shape index (κ1) is 25.0. The third kappa shape index (κ3) is 4.09. The molecule has 1 saturated heterocycles. The van der Waals surface area contributed by atoms with Crippen LogP contribution in [0.2, 0.25) is 0 Å². The number of hydrogen-bond donors (Lipinski definition) is 2. The number of hydrogen-bond acceptors (Lipinski definition) is 5. The number of aromatic amines is 1. The number of carbonyl (C=O) groups excluding carboxylic acids is 2. The lowest BCUT2D eigenvalue weighted by Gasteiger charge is -2.42. The minimum atomic E-state index is -2.97. The number of carbonyl (C=O) groups is 2.